The molecule has 1 rings (SSSR count). The molecule has 1 aliphatic rings. The average Bonchev–Trinajstić information content (AvgIpc) is 2.11. The molecule has 0 aromatic carbocycles. The van der Waals surface area contributed by atoms with Crippen molar-refractivity contribution in [2.75, 3.05) is 0 Å². The van der Waals surface area contributed by atoms with Crippen molar-refractivity contribution >= 4 is 0 Å². The van der Waals surface area contributed by atoms with Gasteiger partial charge in [0, 0.05) is 0 Å². The summed E-state index contributed by atoms with van der Waals surface area (Å²) in [7, 11) is 0. The van der Waals surface area contributed by atoms with E-state index in [-0.39, 0.29) is 0 Å². The van der Waals surface area contributed by atoms with Gasteiger partial charge in [0.05, 0.1) is 0 Å². The van der Waals surface area contributed by atoms with Crippen LogP contribution in [0.4, 0.5) is 0 Å². The molecule has 2 unspecified atom stereocenters. The van der Waals surface area contributed by atoms with Crippen LogP contribution < -0.4 is 0 Å². The summed E-state index contributed by atoms with van der Waals surface area (Å²) in [5, 5.41) is 0. The molecule has 0 saturated heterocycles. The maximum atomic E-state index is 2.36. The molecule has 54 valence electrons. The predicted octanol–water partition coefficient (Wildman–Crippen LogP) is 2.93. The van der Waals surface area contributed by atoms with E-state index in [1.54, 1.807) is 0 Å². The highest BCUT2D eigenvalue weighted by Crippen LogP contribution is 2.55. The third kappa shape index (κ3) is 1.12. The van der Waals surface area contributed by atoms with E-state index in [9.17, 15) is 0 Å². The molecule has 0 heterocycles. The van der Waals surface area contributed by atoms with E-state index in [4.69, 9.17) is 0 Å². The fraction of sp³-hybridized carbons (Fsp3) is 1.00. The first-order valence-electron chi connectivity index (χ1n) is 3.94. The Kier molecular flexibility index (Phi) is 1.38. The van der Waals surface area contributed by atoms with Crippen LogP contribution in [-0.2, 0) is 0 Å². The Morgan fingerprint density at radius 2 is 1.22 bits per heavy atom. The maximum absolute atomic E-state index is 2.36. The molecule has 0 spiro atoms. The molecule has 9 heavy (non-hydrogen) atoms. The van der Waals surface area contributed by atoms with Crippen LogP contribution >= 0.6 is 0 Å². The van der Waals surface area contributed by atoms with Gasteiger partial charge in [0.25, 0.3) is 0 Å². The molecule has 0 nitrogen and oxygen atoms in total. The van der Waals surface area contributed by atoms with Crippen LogP contribution in [0.3, 0.4) is 0 Å². The van der Waals surface area contributed by atoms with Crippen molar-refractivity contribution in [2.45, 2.75) is 34.6 Å². The monoisotopic (exact) mass is 126 g/mol. The minimum Gasteiger partial charge on any atom is -0.0619 e. The molecule has 0 N–H and O–H groups in total. The molecule has 0 aromatic heterocycles. The number of hydrogen-bond acceptors (Lipinski definition) is 0. The van der Waals surface area contributed by atoms with Gasteiger partial charge in [0.1, 0.15) is 0 Å². The second kappa shape index (κ2) is 1.74. The Bertz CT molecular complexity index is 99.7. The normalized spacial score (nSPS) is 43.0. The van der Waals surface area contributed by atoms with E-state index in [2.05, 4.69) is 34.6 Å². The van der Waals surface area contributed by atoms with Gasteiger partial charge in [0.2, 0.25) is 0 Å². The lowest BCUT2D eigenvalue weighted by Crippen LogP contribution is -2.09. The zero-order valence-corrected chi connectivity index (χ0v) is 7.23. The molecular weight excluding hydrogens is 108 g/mol. The standard InChI is InChI=1S/C9H18/c1-6-7(2)8(6)9(3,4)5/h6-8H,1-5H3. The highest BCUT2D eigenvalue weighted by molar-refractivity contribution is 4.97. The van der Waals surface area contributed by atoms with E-state index in [1.165, 1.54) is 0 Å². The van der Waals surface area contributed by atoms with Gasteiger partial charge in [-0.05, 0) is 23.2 Å². The van der Waals surface area contributed by atoms with E-state index >= 15 is 0 Å². The molecule has 0 heteroatoms. The first-order chi connectivity index (χ1) is 3.94. The molecule has 1 aliphatic carbocycles. The number of hydrogen-bond donors (Lipinski definition) is 0. The van der Waals surface area contributed by atoms with Gasteiger partial charge in [0.15, 0.2) is 0 Å². The SMILES string of the molecule is CC1C(C)C1C(C)(C)C. The van der Waals surface area contributed by atoms with Crippen molar-refractivity contribution in [3.05, 3.63) is 0 Å². The van der Waals surface area contributed by atoms with E-state index in [0.29, 0.717) is 5.41 Å². The Morgan fingerprint density at radius 3 is 1.22 bits per heavy atom. The molecule has 0 amide bonds. The summed E-state index contributed by atoms with van der Waals surface area (Å²) in [4.78, 5) is 0. The lowest BCUT2D eigenvalue weighted by molar-refractivity contribution is 0.323. The van der Waals surface area contributed by atoms with E-state index < -0.39 is 0 Å². The third-order valence-corrected chi connectivity index (χ3v) is 2.82. The van der Waals surface area contributed by atoms with Crippen molar-refractivity contribution in [1.82, 2.24) is 0 Å². The third-order valence-electron chi connectivity index (χ3n) is 2.82. The minimum atomic E-state index is 0.554. The summed E-state index contributed by atoms with van der Waals surface area (Å²) in [6, 6.07) is 0. The quantitative estimate of drug-likeness (QED) is 0.468. The van der Waals surface area contributed by atoms with Gasteiger partial charge >= 0.3 is 0 Å². The molecule has 1 saturated carbocycles. The van der Waals surface area contributed by atoms with Crippen LogP contribution in [0.15, 0.2) is 0 Å². The van der Waals surface area contributed by atoms with E-state index in [0.717, 1.165) is 17.8 Å². The lowest BCUT2D eigenvalue weighted by atomic mass is 9.88. The maximum Gasteiger partial charge on any atom is -0.0309 e. The Hall–Kier alpha value is 0. The van der Waals surface area contributed by atoms with Crippen molar-refractivity contribution in [1.29, 1.82) is 0 Å². The fourth-order valence-corrected chi connectivity index (χ4v) is 2.24. The predicted molar refractivity (Wildman–Crippen MR) is 41.3 cm³/mol. The van der Waals surface area contributed by atoms with Gasteiger partial charge in [-0.3, -0.25) is 0 Å². The summed E-state index contributed by atoms with van der Waals surface area (Å²) < 4.78 is 0. The summed E-state index contributed by atoms with van der Waals surface area (Å²) in [5.41, 5.74) is 0.554. The van der Waals surface area contributed by atoms with Gasteiger partial charge in [-0.25, -0.2) is 0 Å². The van der Waals surface area contributed by atoms with Gasteiger partial charge < -0.3 is 0 Å². The van der Waals surface area contributed by atoms with Crippen LogP contribution in [0.5, 0.6) is 0 Å². The fourth-order valence-electron chi connectivity index (χ4n) is 2.24. The smallest absolute Gasteiger partial charge is 0.0309 e. The van der Waals surface area contributed by atoms with Crippen LogP contribution in [0.25, 0.3) is 0 Å². The van der Waals surface area contributed by atoms with Gasteiger partial charge in [-0.15, -0.1) is 0 Å². The lowest BCUT2D eigenvalue weighted by Gasteiger charge is -2.17. The topological polar surface area (TPSA) is 0 Å². The van der Waals surface area contributed by atoms with Gasteiger partial charge in [-0.1, -0.05) is 34.6 Å². The second-order valence-electron chi connectivity index (χ2n) is 4.61. The van der Waals surface area contributed by atoms with Crippen molar-refractivity contribution < 1.29 is 0 Å². The van der Waals surface area contributed by atoms with Gasteiger partial charge in [-0.2, -0.15) is 0 Å². The molecule has 0 radical (unpaired) electrons. The first-order valence-corrected chi connectivity index (χ1v) is 3.94. The molecular formula is C9H18. The molecule has 0 aromatic rings. The minimum absolute atomic E-state index is 0.554. The molecule has 0 aliphatic heterocycles. The Balaban J connectivity index is 2.50. The zero-order chi connectivity index (χ0) is 7.23. The van der Waals surface area contributed by atoms with Crippen molar-refractivity contribution in [2.24, 2.45) is 23.2 Å². The summed E-state index contributed by atoms with van der Waals surface area (Å²) in [5.74, 6) is 2.94. The molecule has 1 fully saturated rings. The summed E-state index contributed by atoms with van der Waals surface area (Å²) >= 11 is 0. The summed E-state index contributed by atoms with van der Waals surface area (Å²) in [6.07, 6.45) is 0. The second-order valence-corrected chi connectivity index (χ2v) is 4.61. The molecule has 2 atom stereocenters. The first kappa shape index (κ1) is 7.11. The Labute approximate surface area is 58.7 Å². The largest absolute Gasteiger partial charge is 0.0619 e. The van der Waals surface area contributed by atoms with E-state index in [1.807, 2.05) is 0 Å². The number of rotatable bonds is 0. The van der Waals surface area contributed by atoms with Crippen LogP contribution in [0, 0.1) is 23.2 Å². The Morgan fingerprint density at radius 1 is 0.889 bits per heavy atom. The summed E-state index contributed by atoms with van der Waals surface area (Å²) in [6.45, 7) is 11.8. The highest BCUT2D eigenvalue weighted by atomic mass is 14.5. The molecule has 0 bridgehead atoms. The zero-order valence-electron chi connectivity index (χ0n) is 7.23. The average molecular weight is 126 g/mol. The van der Waals surface area contributed by atoms with Crippen LogP contribution in [0.1, 0.15) is 34.6 Å². The van der Waals surface area contributed by atoms with Crippen LogP contribution in [-0.4, -0.2) is 0 Å². The van der Waals surface area contributed by atoms with Crippen molar-refractivity contribution in [3.63, 3.8) is 0 Å². The highest BCUT2D eigenvalue weighted by Gasteiger charge is 2.49. The van der Waals surface area contributed by atoms with Crippen molar-refractivity contribution in [3.8, 4) is 0 Å². The van der Waals surface area contributed by atoms with Crippen LogP contribution in [0.2, 0.25) is 0 Å².